The number of rotatable bonds is 2. The molecule has 3 aliphatic rings. The summed E-state index contributed by atoms with van der Waals surface area (Å²) in [7, 11) is 0. The average molecular weight is 389 g/mol. The van der Waals surface area contributed by atoms with E-state index in [-0.39, 0.29) is 16.7 Å². The quantitative estimate of drug-likeness (QED) is 0.492. The highest BCUT2D eigenvalue weighted by molar-refractivity contribution is 6.36. The van der Waals surface area contributed by atoms with Crippen molar-refractivity contribution in [2.45, 2.75) is 31.2 Å². The maximum atomic E-state index is 11.3. The van der Waals surface area contributed by atoms with Crippen molar-refractivity contribution in [2.75, 3.05) is 5.32 Å². The van der Waals surface area contributed by atoms with Crippen LogP contribution in [0.2, 0.25) is 10.0 Å². The Morgan fingerprint density at radius 2 is 1.81 bits per heavy atom. The van der Waals surface area contributed by atoms with Gasteiger partial charge in [0.15, 0.2) is 0 Å². The first-order valence-corrected chi connectivity index (χ1v) is 9.79. The monoisotopic (exact) mass is 388 g/mol. The van der Waals surface area contributed by atoms with Gasteiger partial charge < -0.3 is 5.32 Å². The number of nitro benzene ring substituents is 1. The van der Waals surface area contributed by atoms with Crippen LogP contribution in [0, 0.1) is 27.9 Å². The molecule has 2 aromatic rings. The molecule has 6 heteroatoms. The second kappa shape index (κ2) is 5.86. The van der Waals surface area contributed by atoms with Gasteiger partial charge >= 0.3 is 0 Å². The van der Waals surface area contributed by atoms with Gasteiger partial charge in [-0.25, -0.2) is 0 Å². The Bertz CT molecular complexity index is 896. The van der Waals surface area contributed by atoms with E-state index in [9.17, 15) is 10.1 Å². The van der Waals surface area contributed by atoms with Gasteiger partial charge in [-0.05, 0) is 66.7 Å². The van der Waals surface area contributed by atoms with E-state index in [2.05, 4.69) is 5.32 Å². The fourth-order valence-electron chi connectivity index (χ4n) is 5.68. The zero-order chi connectivity index (χ0) is 18.0. The molecular formula is C20H18Cl2N2O2. The Morgan fingerprint density at radius 3 is 2.54 bits per heavy atom. The first-order valence-electron chi connectivity index (χ1n) is 9.03. The van der Waals surface area contributed by atoms with E-state index in [1.165, 1.54) is 19.3 Å². The molecule has 2 aromatic carbocycles. The van der Waals surface area contributed by atoms with Crippen LogP contribution in [0.25, 0.3) is 0 Å². The Hall–Kier alpha value is -1.78. The molecule has 0 saturated heterocycles. The number of nitrogens with one attached hydrogen (secondary N) is 1. The fourth-order valence-corrected chi connectivity index (χ4v) is 6.32. The van der Waals surface area contributed by atoms with Crippen LogP contribution >= 0.6 is 23.2 Å². The lowest BCUT2D eigenvalue weighted by Crippen LogP contribution is -2.35. The van der Waals surface area contributed by atoms with Crippen molar-refractivity contribution in [1.82, 2.24) is 0 Å². The van der Waals surface area contributed by atoms with E-state index in [4.69, 9.17) is 23.2 Å². The number of fused-ring (bicyclic) bond motifs is 7. The molecule has 0 aromatic heterocycles. The van der Waals surface area contributed by atoms with Crippen molar-refractivity contribution in [2.24, 2.45) is 17.8 Å². The smallest absolute Gasteiger partial charge is 0.269 e. The molecule has 134 valence electrons. The van der Waals surface area contributed by atoms with Crippen LogP contribution in [-0.2, 0) is 0 Å². The third-order valence-corrected chi connectivity index (χ3v) is 7.25. The Balaban J connectivity index is 1.67. The van der Waals surface area contributed by atoms with Crippen LogP contribution < -0.4 is 5.32 Å². The van der Waals surface area contributed by atoms with Gasteiger partial charge in [0.05, 0.1) is 11.0 Å². The Morgan fingerprint density at radius 1 is 1.08 bits per heavy atom. The predicted molar refractivity (Wildman–Crippen MR) is 103 cm³/mol. The zero-order valence-corrected chi connectivity index (χ0v) is 15.5. The number of hydrogen-bond acceptors (Lipinski definition) is 3. The van der Waals surface area contributed by atoms with E-state index < -0.39 is 0 Å². The molecule has 0 unspecified atom stereocenters. The topological polar surface area (TPSA) is 55.2 Å². The van der Waals surface area contributed by atoms with Gasteiger partial charge in [-0.15, -0.1) is 0 Å². The fraction of sp³-hybridized carbons (Fsp3) is 0.400. The third-order valence-electron chi connectivity index (χ3n) is 6.59. The highest BCUT2D eigenvalue weighted by Crippen LogP contribution is 2.64. The summed E-state index contributed by atoms with van der Waals surface area (Å²) in [5.74, 6) is 1.92. The van der Waals surface area contributed by atoms with E-state index in [0.29, 0.717) is 33.7 Å². The number of halogens is 2. The van der Waals surface area contributed by atoms with E-state index in [1.54, 1.807) is 12.1 Å². The lowest BCUT2D eigenvalue weighted by atomic mass is 9.68. The second-order valence-corrected chi connectivity index (χ2v) is 8.54. The van der Waals surface area contributed by atoms with E-state index in [0.717, 1.165) is 16.8 Å². The molecule has 1 N–H and O–H groups in total. The van der Waals surface area contributed by atoms with Crippen LogP contribution in [0.4, 0.5) is 11.4 Å². The van der Waals surface area contributed by atoms with Crippen LogP contribution in [0.1, 0.15) is 42.3 Å². The number of nitrogens with zero attached hydrogens (tertiary/aromatic N) is 1. The molecule has 0 radical (unpaired) electrons. The summed E-state index contributed by atoms with van der Waals surface area (Å²) in [5, 5.41) is 16.3. The van der Waals surface area contributed by atoms with E-state index >= 15 is 0 Å². The molecule has 1 aliphatic heterocycles. The number of anilines is 1. The largest absolute Gasteiger partial charge is 0.378 e. The SMILES string of the molecule is O=[N+]([O-])c1ccc2c(c1)[C@@H]1[C@H]3CC[C@@H](C3)[C@H]1[C@@H](c1c(Cl)cccc1Cl)N2. The van der Waals surface area contributed by atoms with Crippen molar-refractivity contribution < 1.29 is 4.92 Å². The predicted octanol–water partition coefficient (Wildman–Crippen LogP) is 6.20. The van der Waals surface area contributed by atoms with Crippen LogP contribution in [0.3, 0.4) is 0 Å². The zero-order valence-electron chi connectivity index (χ0n) is 14.0. The summed E-state index contributed by atoms with van der Waals surface area (Å²) >= 11 is 13.1. The third kappa shape index (κ3) is 2.28. The van der Waals surface area contributed by atoms with Crippen molar-refractivity contribution in [1.29, 1.82) is 0 Å². The van der Waals surface area contributed by atoms with Gasteiger partial charge in [-0.1, -0.05) is 29.3 Å². The minimum atomic E-state index is -0.306. The summed E-state index contributed by atoms with van der Waals surface area (Å²) < 4.78 is 0. The Labute approximate surface area is 161 Å². The highest BCUT2D eigenvalue weighted by Gasteiger charge is 2.54. The Kier molecular flexibility index (Phi) is 3.70. The molecule has 2 saturated carbocycles. The molecule has 0 spiro atoms. The van der Waals surface area contributed by atoms with Crippen LogP contribution in [0.5, 0.6) is 0 Å². The molecule has 1 heterocycles. The number of benzene rings is 2. The minimum absolute atomic E-state index is 0.0467. The van der Waals surface area contributed by atoms with Crippen molar-refractivity contribution in [3.8, 4) is 0 Å². The standard InChI is InChI=1S/C20H18Cl2N2O2/c21-14-2-1-3-15(22)19(14)20-18-11-5-4-10(8-11)17(18)13-9-12(24(25)26)6-7-16(13)23-20/h1-3,6-7,9-11,17-18,20,23H,4-5,8H2/t10-,11-,17-,18+,20-/m0/s1. The second-order valence-electron chi connectivity index (χ2n) is 7.72. The summed E-state index contributed by atoms with van der Waals surface area (Å²) in [6.07, 6.45) is 3.62. The van der Waals surface area contributed by atoms with E-state index in [1.807, 2.05) is 24.3 Å². The molecule has 2 aliphatic carbocycles. The summed E-state index contributed by atoms with van der Waals surface area (Å²) in [6, 6.07) is 10.9. The van der Waals surface area contributed by atoms with Gasteiger partial charge in [0.25, 0.3) is 5.69 Å². The maximum absolute atomic E-state index is 11.3. The van der Waals surface area contributed by atoms with Gasteiger partial charge in [0.2, 0.25) is 0 Å². The lowest BCUT2D eigenvalue weighted by molar-refractivity contribution is -0.384. The molecule has 5 atom stereocenters. The number of hydrogen-bond donors (Lipinski definition) is 1. The van der Waals surface area contributed by atoms with Crippen LogP contribution in [-0.4, -0.2) is 4.92 Å². The van der Waals surface area contributed by atoms with Crippen molar-refractivity contribution in [3.05, 3.63) is 67.7 Å². The molecule has 5 rings (SSSR count). The lowest BCUT2D eigenvalue weighted by Gasteiger charge is -2.43. The van der Waals surface area contributed by atoms with Crippen molar-refractivity contribution in [3.63, 3.8) is 0 Å². The van der Waals surface area contributed by atoms with Gasteiger partial charge in [-0.3, -0.25) is 10.1 Å². The molecule has 4 nitrogen and oxygen atoms in total. The highest BCUT2D eigenvalue weighted by atomic mass is 35.5. The first-order chi connectivity index (χ1) is 12.5. The first kappa shape index (κ1) is 16.4. The average Bonchev–Trinajstić information content (AvgIpc) is 3.23. The molecule has 0 amide bonds. The van der Waals surface area contributed by atoms with Gasteiger partial charge in [0.1, 0.15) is 0 Å². The molecular weight excluding hydrogens is 371 g/mol. The van der Waals surface area contributed by atoms with Crippen molar-refractivity contribution >= 4 is 34.6 Å². The normalized spacial score (nSPS) is 31.2. The summed E-state index contributed by atoms with van der Waals surface area (Å²) in [6.45, 7) is 0. The molecule has 2 fully saturated rings. The summed E-state index contributed by atoms with van der Waals surface area (Å²) in [5.41, 5.74) is 3.20. The minimum Gasteiger partial charge on any atom is -0.378 e. The van der Waals surface area contributed by atoms with Gasteiger partial charge in [0, 0.05) is 33.4 Å². The number of non-ortho nitro benzene ring substituents is 1. The van der Waals surface area contributed by atoms with Gasteiger partial charge in [-0.2, -0.15) is 0 Å². The maximum Gasteiger partial charge on any atom is 0.269 e. The molecule has 2 bridgehead atoms. The molecule has 26 heavy (non-hydrogen) atoms. The summed E-state index contributed by atoms with van der Waals surface area (Å²) in [4.78, 5) is 11.0. The van der Waals surface area contributed by atoms with Crippen LogP contribution in [0.15, 0.2) is 36.4 Å². The number of nitro groups is 1.